The average molecular weight is 309 g/mol. The second-order valence-corrected chi connectivity index (χ2v) is 5.44. The summed E-state index contributed by atoms with van der Waals surface area (Å²) in [4.78, 5) is 19.6. The predicted molar refractivity (Wildman–Crippen MR) is 92.8 cm³/mol. The number of ether oxygens (including phenoxy) is 1. The zero-order chi connectivity index (χ0) is 16.2. The number of hydrogen-bond acceptors (Lipinski definition) is 4. The van der Waals surface area contributed by atoms with Crippen molar-refractivity contribution < 1.29 is 9.53 Å². The highest BCUT2D eigenvalue weighted by molar-refractivity contribution is 5.97. The van der Waals surface area contributed by atoms with Crippen LogP contribution in [0.3, 0.4) is 0 Å². The second-order valence-electron chi connectivity index (χ2n) is 5.44. The van der Waals surface area contributed by atoms with E-state index in [1.54, 1.807) is 4.90 Å². The van der Waals surface area contributed by atoms with Gasteiger partial charge in [0.1, 0.15) is 6.61 Å². The Hall–Kier alpha value is -2.82. The van der Waals surface area contributed by atoms with Gasteiger partial charge in [-0.05, 0) is 36.4 Å². The summed E-state index contributed by atoms with van der Waals surface area (Å²) in [6, 6.07) is 15.5. The molecular weight excluding hydrogens is 290 g/mol. The lowest BCUT2D eigenvalue weighted by Gasteiger charge is -2.24. The Kier molecular flexibility index (Phi) is 4.28. The Morgan fingerprint density at radius 2 is 1.74 bits per heavy atom. The fourth-order valence-electron chi connectivity index (χ4n) is 2.58. The van der Waals surface area contributed by atoms with Gasteiger partial charge in [-0.25, -0.2) is 4.99 Å². The summed E-state index contributed by atoms with van der Waals surface area (Å²) >= 11 is 0. The largest absolute Gasteiger partial charge is 0.476 e. The van der Waals surface area contributed by atoms with Crippen LogP contribution in [0.5, 0.6) is 0 Å². The molecular formula is C18H19N3O2. The molecule has 2 aromatic rings. The van der Waals surface area contributed by atoms with Gasteiger partial charge in [0.15, 0.2) is 0 Å². The van der Waals surface area contributed by atoms with E-state index in [1.165, 1.54) is 0 Å². The Balaban J connectivity index is 1.94. The van der Waals surface area contributed by atoms with Gasteiger partial charge in [0, 0.05) is 25.3 Å². The highest BCUT2D eigenvalue weighted by atomic mass is 16.5. The van der Waals surface area contributed by atoms with E-state index in [1.807, 2.05) is 67.5 Å². The molecule has 5 heteroatoms. The van der Waals surface area contributed by atoms with Gasteiger partial charge in [0.2, 0.25) is 12.3 Å². The Morgan fingerprint density at radius 1 is 1.04 bits per heavy atom. The predicted octanol–water partition coefficient (Wildman–Crippen LogP) is 2.82. The van der Waals surface area contributed by atoms with E-state index in [0.717, 1.165) is 29.0 Å². The van der Waals surface area contributed by atoms with Gasteiger partial charge in [0.25, 0.3) is 0 Å². The van der Waals surface area contributed by atoms with Crippen molar-refractivity contribution in [3.63, 3.8) is 0 Å². The highest BCUT2D eigenvalue weighted by Gasteiger charge is 2.15. The summed E-state index contributed by atoms with van der Waals surface area (Å²) in [5.74, 6) is 0.669. The highest BCUT2D eigenvalue weighted by Crippen LogP contribution is 2.32. The zero-order valence-corrected chi connectivity index (χ0v) is 13.3. The molecule has 0 aromatic heterocycles. The van der Waals surface area contributed by atoms with Gasteiger partial charge < -0.3 is 9.64 Å². The number of para-hydroxylation sites is 2. The van der Waals surface area contributed by atoms with Crippen LogP contribution in [0.15, 0.2) is 53.5 Å². The molecule has 0 N–H and O–H groups in total. The Bertz CT molecular complexity index is 723. The molecule has 1 amide bonds. The topological polar surface area (TPSA) is 45.1 Å². The summed E-state index contributed by atoms with van der Waals surface area (Å²) < 4.78 is 5.46. The van der Waals surface area contributed by atoms with E-state index in [-0.39, 0.29) is 0 Å². The lowest BCUT2D eigenvalue weighted by Crippen LogP contribution is -2.19. The number of rotatable bonds is 5. The summed E-state index contributed by atoms with van der Waals surface area (Å²) in [7, 11) is 3.92. The molecule has 2 aromatic carbocycles. The first-order valence-corrected chi connectivity index (χ1v) is 7.49. The van der Waals surface area contributed by atoms with Gasteiger partial charge >= 0.3 is 0 Å². The van der Waals surface area contributed by atoms with Crippen molar-refractivity contribution in [1.29, 1.82) is 0 Å². The number of benzene rings is 2. The molecule has 0 aliphatic carbocycles. The zero-order valence-electron chi connectivity index (χ0n) is 13.3. The lowest BCUT2D eigenvalue weighted by atomic mass is 10.1. The van der Waals surface area contributed by atoms with E-state index in [0.29, 0.717) is 19.0 Å². The first-order valence-electron chi connectivity index (χ1n) is 7.49. The number of aliphatic imine (C=N–C) groups is 1. The fraction of sp³-hybridized carbons (Fsp3) is 0.222. The molecule has 0 saturated carbocycles. The van der Waals surface area contributed by atoms with Crippen molar-refractivity contribution in [2.24, 2.45) is 4.99 Å². The molecule has 0 radical (unpaired) electrons. The van der Waals surface area contributed by atoms with Gasteiger partial charge in [-0.1, -0.05) is 12.1 Å². The van der Waals surface area contributed by atoms with Crippen molar-refractivity contribution in [1.82, 2.24) is 0 Å². The third-order valence-electron chi connectivity index (χ3n) is 3.71. The van der Waals surface area contributed by atoms with Crippen LogP contribution in [0.2, 0.25) is 0 Å². The number of nitrogens with zero attached hydrogens (tertiary/aromatic N) is 3. The molecule has 1 aliphatic heterocycles. The Morgan fingerprint density at radius 3 is 2.30 bits per heavy atom. The normalized spacial score (nSPS) is 13.2. The molecule has 0 saturated heterocycles. The van der Waals surface area contributed by atoms with Gasteiger partial charge in [-0.3, -0.25) is 9.69 Å². The molecule has 0 unspecified atom stereocenters. The summed E-state index contributed by atoms with van der Waals surface area (Å²) in [5.41, 5.74) is 3.55. The first-order chi connectivity index (χ1) is 11.2. The van der Waals surface area contributed by atoms with E-state index < -0.39 is 0 Å². The lowest BCUT2D eigenvalue weighted by molar-refractivity contribution is -0.106. The van der Waals surface area contributed by atoms with E-state index in [4.69, 9.17) is 4.74 Å². The maximum atomic E-state index is 11.7. The molecule has 118 valence electrons. The maximum Gasteiger partial charge on any atom is 0.218 e. The molecule has 0 fully saturated rings. The first kappa shape index (κ1) is 15.1. The SMILES string of the molecule is CN(C)c1ccccc1N(C=O)c1ccc(C2=NCCO2)cc1. The van der Waals surface area contributed by atoms with Gasteiger partial charge in [-0.15, -0.1) is 0 Å². The van der Waals surface area contributed by atoms with Crippen LogP contribution < -0.4 is 9.80 Å². The summed E-state index contributed by atoms with van der Waals surface area (Å²) in [6.07, 6.45) is 0.834. The fourth-order valence-corrected chi connectivity index (χ4v) is 2.58. The third-order valence-corrected chi connectivity index (χ3v) is 3.71. The quantitative estimate of drug-likeness (QED) is 0.798. The van der Waals surface area contributed by atoms with Gasteiger partial charge in [0.05, 0.1) is 17.9 Å². The number of hydrogen-bond donors (Lipinski definition) is 0. The number of anilines is 3. The van der Waals surface area contributed by atoms with Crippen LogP contribution >= 0.6 is 0 Å². The molecule has 0 spiro atoms. The second kappa shape index (κ2) is 6.52. The smallest absolute Gasteiger partial charge is 0.218 e. The van der Waals surface area contributed by atoms with E-state index in [2.05, 4.69) is 4.99 Å². The minimum atomic E-state index is 0.633. The summed E-state index contributed by atoms with van der Waals surface area (Å²) in [5, 5.41) is 0. The van der Waals surface area contributed by atoms with Crippen molar-refractivity contribution in [3.05, 3.63) is 54.1 Å². The van der Waals surface area contributed by atoms with Crippen LogP contribution in [0.4, 0.5) is 17.1 Å². The monoisotopic (exact) mass is 309 g/mol. The van der Waals surface area contributed by atoms with Crippen LogP contribution in [0, 0.1) is 0 Å². The standard InChI is InChI=1S/C18H19N3O2/c1-20(2)16-5-3-4-6-17(16)21(13-22)15-9-7-14(8-10-15)18-19-11-12-23-18/h3-10,13H,11-12H2,1-2H3. The third kappa shape index (κ3) is 3.04. The average Bonchev–Trinajstić information content (AvgIpc) is 3.11. The van der Waals surface area contributed by atoms with Crippen LogP contribution in [0.25, 0.3) is 0 Å². The number of amides is 1. The molecule has 1 heterocycles. The molecule has 5 nitrogen and oxygen atoms in total. The van der Waals surface area contributed by atoms with Crippen molar-refractivity contribution in [3.8, 4) is 0 Å². The molecule has 0 atom stereocenters. The van der Waals surface area contributed by atoms with E-state index >= 15 is 0 Å². The van der Waals surface area contributed by atoms with Crippen molar-refractivity contribution in [2.75, 3.05) is 37.0 Å². The van der Waals surface area contributed by atoms with Gasteiger partial charge in [-0.2, -0.15) is 0 Å². The minimum absolute atomic E-state index is 0.633. The van der Waals surface area contributed by atoms with Crippen molar-refractivity contribution in [2.45, 2.75) is 0 Å². The molecule has 23 heavy (non-hydrogen) atoms. The molecule has 3 rings (SSSR count). The number of carbonyl (C=O) groups is 1. The van der Waals surface area contributed by atoms with Crippen molar-refractivity contribution >= 4 is 29.4 Å². The summed E-state index contributed by atoms with van der Waals surface area (Å²) in [6.45, 7) is 1.33. The van der Waals surface area contributed by atoms with Crippen LogP contribution in [-0.2, 0) is 9.53 Å². The van der Waals surface area contributed by atoms with E-state index in [9.17, 15) is 4.79 Å². The van der Waals surface area contributed by atoms with Crippen LogP contribution in [0.1, 0.15) is 5.56 Å². The molecule has 1 aliphatic rings. The maximum absolute atomic E-state index is 11.7. The molecule has 0 bridgehead atoms. The minimum Gasteiger partial charge on any atom is -0.476 e. The van der Waals surface area contributed by atoms with Crippen LogP contribution in [-0.4, -0.2) is 39.6 Å². The Labute approximate surface area is 135 Å². The number of carbonyl (C=O) groups excluding carboxylic acids is 1.